The quantitative estimate of drug-likeness (QED) is 0.712. The highest BCUT2D eigenvalue weighted by molar-refractivity contribution is 8.05. The van der Waals surface area contributed by atoms with Gasteiger partial charge in [0, 0.05) is 6.42 Å². The second-order valence-corrected chi connectivity index (χ2v) is 6.08. The van der Waals surface area contributed by atoms with Gasteiger partial charge in [0.25, 0.3) is 0 Å². The van der Waals surface area contributed by atoms with Gasteiger partial charge in [-0.3, -0.25) is 0 Å². The second kappa shape index (κ2) is 7.14. The molecule has 0 radical (unpaired) electrons. The van der Waals surface area contributed by atoms with Crippen molar-refractivity contribution in [2.24, 2.45) is 0 Å². The first-order valence-corrected chi connectivity index (χ1v) is 8.09. The minimum Gasteiger partial charge on any atom is -0.102 e. The van der Waals surface area contributed by atoms with E-state index in [0.717, 1.165) is 12.8 Å². The van der Waals surface area contributed by atoms with Crippen LogP contribution in [0.25, 0.3) is 0 Å². The zero-order valence-electron chi connectivity index (χ0n) is 11.9. The van der Waals surface area contributed by atoms with Crippen molar-refractivity contribution in [2.45, 2.75) is 12.8 Å². The average molecular weight is 290 g/mol. The standard InChI is InChI=1S/C20H18S/c1-3-9-17(10-4-1)15-19-13-7-8-14-21-20(19)16-18-11-5-2-6-12-18/h1-14H,15-16H2. The van der Waals surface area contributed by atoms with E-state index in [-0.39, 0.29) is 0 Å². The van der Waals surface area contributed by atoms with E-state index in [1.165, 1.54) is 21.6 Å². The van der Waals surface area contributed by atoms with Crippen molar-refractivity contribution in [3.63, 3.8) is 0 Å². The summed E-state index contributed by atoms with van der Waals surface area (Å²) >= 11 is 1.84. The van der Waals surface area contributed by atoms with Crippen LogP contribution in [0.3, 0.4) is 0 Å². The molecule has 0 spiro atoms. The Balaban J connectivity index is 1.87. The molecule has 0 aromatic heterocycles. The minimum absolute atomic E-state index is 0.994. The second-order valence-electron chi connectivity index (χ2n) is 5.08. The Morgan fingerprint density at radius 2 is 1.29 bits per heavy atom. The number of benzene rings is 2. The first kappa shape index (κ1) is 14.0. The Labute approximate surface area is 130 Å². The molecule has 0 aliphatic carbocycles. The fourth-order valence-corrected chi connectivity index (χ4v) is 3.29. The van der Waals surface area contributed by atoms with E-state index < -0.39 is 0 Å². The van der Waals surface area contributed by atoms with Crippen LogP contribution in [0, 0.1) is 0 Å². The summed E-state index contributed by atoms with van der Waals surface area (Å²) in [6.45, 7) is 0. The number of hydrogen-bond acceptors (Lipinski definition) is 1. The highest BCUT2D eigenvalue weighted by atomic mass is 32.2. The van der Waals surface area contributed by atoms with Crippen LogP contribution in [0.5, 0.6) is 0 Å². The predicted octanol–water partition coefficient (Wildman–Crippen LogP) is 5.54. The summed E-state index contributed by atoms with van der Waals surface area (Å²) in [7, 11) is 0. The molecule has 1 heteroatoms. The van der Waals surface area contributed by atoms with Crippen LogP contribution in [0.1, 0.15) is 11.1 Å². The van der Waals surface area contributed by atoms with Gasteiger partial charge in [-0.1, -0.05) is 78.9 Å². The smallest absolute Gasteiger partial charge is 0.00406 e. The van der Waals surface area contributed by atoms with Crippen molar-refractivity contribution in [3.8, 4) is 0 Å². The van der Waals surface area contributed by atoms with Gasteiger partial charge in [-0.05, 0) is 33.4 Å². The molecule has 21 heavy (non-hydrogen) atoms. The number of hydrogen-bond donors (Lipinski definition) is 0. The molecular formula is C20H18S. The Bertz CT molecular complexity index is 663. The number of rotatable bonds is 4. The van der Waals surface area contributed by atoms with Crippen molar-refractivity contribution in [3.05, 3.63) is 106 Å². The third-order valence-corrected chi connectivity index (χ3v) is 4.48. The molecule has 0 bridgehead atoms. The van der Waals surface area contributed by atoms with Gasteiger partial charge in [-0.25, -0.2) is 0 Å². The molecule has 1 heterocycles. The lowest BCUT2D eigenvalue weighted by molar-refractivity contribution is 1.13. The van der Waals surface area contributed by atoms with Crippen molar-refractivity contribution >= 4 is 11.8 Å². The van der Waals surface area contributed by atoms with Gasteiger partial charge in [-0.2, -0.15) is 0 Å². The molecule has 0 amide bonds. The third kappa shape index (κ3) is 3.99. The molecule has 0 saturated heterocycles. The van der Waals surface area contributed by atoms with Gasteiger partial charge in [0.1, 0.15) is 0 Å². The van der Waals surface area contributed by atoms with Gasteiger partial charge in [0.05, 0.1) is 0 Å². The van der Waals surface area contributed by atoms with E-state index in [0.29, 0.717) is 0 Å². The lowest BCUT2D eigenvalue weighted by Crippen LogP contribution is -1.95. The molecule has 0 atom stereocenters. The van der Waals surface area contributed by atoms with Crippen LogP contribution in [-0.4, -0.2) is 0 Å². The Morgan fingerprint density at radius 1 is 0.667 bits per heavy atom. The summed E-state index contributed by atoms with van der Waals surface area (Å²) in [6.07, 6.45) is 8.51. The summed E-state index contributed by atoms with van der Waals surface area (Å²) in [4.78, 5) is 1.44. The Hall–Kier alpha value is -1.99. The molecule has 3 rings (SSSR count). The maximum atomic E-state index is 2.25. The van der Waals surface area contributed by atoms with Crippen molar-refractivity contribution < 1.29 is 0 Å². The van der Waals surface area contributed by atoms with E-state index in [1.54, 1.807) is 0 Å². The topological polar surface area (TPSA) is 0 Å². The fourth-order valence-electron chi connectivity index (χ4n) is 2.42. The zero-order valence-corrected chi connectivity index (χ0v) is 12.7. The van der Waals surface area contributed by atoms with E-state index in [9.17, 15) is 0 Å². The molecule has 0 N–H and O–H groups in total. The van der Waals surface area contributed by atoms with Crippen LogP contribution >= 0.6 is 11.8 Å². The number of thioether (sulfide) groups is 1. The third-order valence-electron chi connectivity index (χ3n) is 3.50. The van der Waals surface area contributed by atoms with Crippen LogP contribution in [-0.2, 0) is 12.8 Å². The molecule has 0 fully saturated rings. The summed E-state index contributed by atoms with van der Waals surface area (Å²) in [5.41, 5.74) is 4.15. The lowest BCUT2D eigenvalue weighted by Gasteiger charge is -2.11. The average Bonchev–Trinajstić information content (AvgIpc) is 2.75. The largest absolute Gasteiger partial charge is 0.102 e. The van der Waals surface area contributed by atoms with E-state index in [1.807, 2.05) is 11.8 Å². The molecule has 2 aromatic carbocycles. The Kier molecular flexibility index (Phi) is 4.75. The highest BCUT2D eigenvalue weighted by Crippen LogP contribution is 2.30. The summed E-state index contributed by atoms with van der Waals surface area (Å²) in [5.74, 6) is 0. The maximum Gasteiger partial charge on any atom is 0.00406 e. The number of allylic oxidation sites excluding steroid dienone is 5. The molecule has 0 saturated carbocycles. The minimum atomic E-state index is 0.994. The zero-order chi connectivity index (χ0) is 14.3. The van der Waals surface area contributed by atoms with Crippen molar-refractivity contribution in [1.29, 1.82) is 0 Å². The van der Waals surface area contributed by atoms with Crippen LogP contribution in [0.15, 0.2) is 94.8 Å². The van der Waals surface area contributed by atoms with Gasteiger partial charge in [-0.15, -0.1) is 11.8 Å². The molecule has 0 nitrogen and oxygen atoms in total. The SMILES string of the molecule is C1=CSC(Cc2ccccc2)=C(Cc2ccccc2)C=C1. The summed E-state index contributed by atoms with van der Waals surface area (Å²) in [5, 5.41) is 2.17. The molecular weight excluding hydrogens is 272 g/mol. The van der Waals surface area contributed by atoms with E-state index >= 15 is 0 Å². The lowest BCUT2D eigenvalue weighted by atomic mass is 10.0. The van der Waals surface area contributed by atoms with E-state index in [2.05, 4.69) is 84.3 Å². The Morgan fingerprint density at radius 3 is 1.95 bits per heavy atom. The summed E-state index contributed by atoms with van der Waals surface area (Å²) in [6, 6.07) is 21.4. The first-order chi connectivity index (χ1) is 10.4. The fraction of sp³-hybridized carbons (Fsp3) is 0.100. The van der Waals surface area contributed by atoms with Gasteiger partial charge in [0.15, 0.2) is 0 Å². The molecule has 1 aliphatic rings. The molecule has 104 valence electrons. The van der Waals surface area contributed by atoms with Crippen LogP contribution in [0.2, 0.25) is 0 Å². The van der Waals surface area contributed by atoms with Crippen molar-refractivity contribution in [2.75, 3.05) is 0 Å². The predicted molar refractivity (Wildman–Crippen MR) is 93.2 cm³/mol. The van der Waals surface area contributed by atoms with Gasteiger partial charge < -0.3 is 0 Å². The van der Waals surface area contributed by atoms with Gasteiger partial charge >= 0.3 is 0 Å². The molecule has 0 unspecified atom stereocenters. The van der Waals surface area contributed by atoms with Crippen LogP contribution < -0.4 is 0 Å². The van der Waals surface area contributed by atoms with E-state index in [4.69, 9.17) is 0 Å². The molecule has 2 aromatic rings. The highest BCUT2D eigenvalue weighted by Gasteiger charge is 2.08. The summed E-state index contributed by atoms with van der Waals surface area (Å²) < 4.78 is 0. The normalized spacial score (nSPS) is 14.3. The van der Waals surface area contributed by atoms with Crippen LogP contribution in [0.4, 0.5) is 0 Å². The monoisotopic (exact) mass is 290 g/mol. The van der Waals surface area contributed by atoms with Gasteiger partial charge in [0.2, 0.25) is 0 Å². The first-order valence-electron chi connectivity index (χ1n) is 7.21. The molecule has 1 aliphatic heterocycles. The maximum absolute atomic E-state index is 2.25. The van der Waals surface area contributed by atoms with Crippen molar-refractivity contribution in [1.82, 2.24) is 0 Å².